The van der Waals surface area contributed by atoms with Gasteiger partial charge in [0.05, 0.1) is 5.54 Å². The van der Waals surface area contributed by atoms with E-state index >= 15 is 0 Å². The third-order valence-corrected chi connectivity index (χ3v) is 3.85. The molecule has 0 bridgehead atoms. The molecule has 0 aromatic carbocycles. The summed E-state index contributed by atoms with van der Waals surface area (Å²) in [4.78, 5) is 16.2. The molecule has 2 aromatic rings. The lowest BCUT2D eigenvalue weighted by Crippen LogP contribution is -2.45. The largest absolute Gasteiger partial charge is 0.326 e. The zero-order chi connectivity index (χ0) is 13.7. The molecule has 6 nitrogen and oxygen atoms in total. The molecule has 2 rings (SSSR count). The minimum atomic E-state index is -0.486. The van der Waals surface area contributed by atoms with Crippen LogP contribution in [-0.4, -0.2) is 21.2 Å². The van der Waals surface area contributed by atoms with Crippen LogP contribution in [0.5, 0.6) is 0 Å². The minimum Gasteiger partial charge on any atom is -0.326 e. The maximum Gasteiger partial charge on any atom is 0.321 e. The molecule has 7 heteroatoms. The van der Waals surface area contributed by atoms with Crippen LogP contribution in [0, 0.1) is 0 Å². The number of nitrogens with one attached hydrogen (secondary N) is 2. The van der Waals surface area contributed by atoms with Crippen molar-refractivity contribution in [2.75, 3.05) is 5.32 Å². The van der Waals surface area contributed by atoms with Gasteiger partial charge >= 0.3 is 6.03 Å². The van der Waals surface area contributed by atoms with Crippen LogP contribution in [0.15, 0.2) is 29.9 Å². The maximum absolute atomic E-state index is 12.0. The number of carbonyl (C=O) groups is 1. The number of hydrogen-bond donors (Lipinski definition) is 2. The predicted molar refractivity (Wildman–Crippen MR) is 73.9 cm³/mol. The zero-order valence-electron chi connectivity index (χ0n) is 10.8. The summed E-state index contributed by atoms with van der Waals surface area (Å²) in [5.41, 5.74) is -0.486. The van der Waals surface area contributed by atoms with E-state index in [0.717, 1.165) is 11.4 Å². The van der Waals surface area contributed by atoms with Crippen LogP contribution in [0.1, 0.15) is 25.3 Å². The van der Waals surface area contributed by atoms with Crippen molar-refractivity contribution in [2.24, 2.45) is 0 Å². The molecule has 2 aromatic heterocycles. The first kappa shape index (κ1) is 13.4. The maximum atomic E-state index is 12.0. The standard InChI is InChI=1S/C12H15N5OS/c1-3-12(2,10-13-7-8-19-10)16-11(18)15-9-5-4-6-14-17-9/h4-8H,3H2,1-2H3,(H2,15,16,17,18)/t12-/m1/s1. The summed E-state index contributed by atoms with van der Waals surface area (Å²) in [6.45, 7) is 3.95. The first-order valence-corrected chi connectivity index (χ1v) is 6.79. The van der Waals surface area contributed by atoms with E-state index in [1.165, 1.54) is 11.3 Å². The SMILES string of the molecule is CC[C@@](C)(NC(=O)Nc1cccnn1)c1nccs1. The molecular weight excluding hydrogens is 262 g/mol. The normalized spacial score (nSPS) is 13.6. The fourth-order valence-corrected chi connectivity index (χ4v) is 2.38. The summed E-state index contributed by atoms with van der Waals surface area (Å²) in [5, 5.41) is 15.8. The first-order chi connectivity index (χ1) is 9.14. The van der Waals surface area contributed by atoms with Crippen LogP contribution in [0.4, 0.5) is 10.6 Å². The Morgan fingerprint density at radius 1 is 1.47 bits per heavy atom. The fourth-order valence-electron chi connectivity index (χ4n) is 1.56. The Morgan fingerprint density at radius 2 is 2.32 bits per heavy atom. The van der Waals surface area contributed by atoms with Gasteiger partial charge in [0.15, 0.2) is 5.82 Å². The molecule has 0 unspecified atom stereocenters. The van der Waals surface area contributed by atoms with Gasteiger partial charge in [0, 0.05) is 17.8 Å². The molecular formula is C12H15N5OS. The molecule has 0 saturated carbocycles. The van der Waals surface area contributed by atoms with Gasteiger partial charge in [-0.1, -0.05) is 6.92 Å². The van der Waals surface area contributed by atoms with Crippen molar-refractivity contribution in [3.05, 3.63) is 34.9 Å². The molecule has 1 atom stereocenters. The average Bonchev–Trinajstić information content (AvgIpc) is 2.94. The third kappa shape index (κ3) is 3.25. The van der Waals surface area contributed by atoms with Gasteiger partial charge in [0.2, 0.25) is 0 Å². The number of hydrogen-bond acceptors (Lipinski definition) is 5. The van der Waals surface area contributed by atoms with E-state index in [4.69, 9.17) is 0 Å². The number of amides is 2. The Kier molecular flexibility index (Phi) is 4.06. The third-order valence-electron chi connectivity index (χ3n) is 2.81. The lowest BCUT2D eigenvalue weighted by atomic mass is 10.0. The molecule has 0 aliphatic heterocycles. The van der Waals surface area contributed by atoms with Crippen molar-refractivity contribution < 1.29 is 4.79 Å². The highest BCUT2D eigenvalue weighted by atomic mass is 32.1. The molecule has 100 valence electrons. The Morgan fingerprint density at radius 3 is 2.89 bits per heavy atom. The molecule has 0 aliphatic carbocycles. The van der Waals surface area contributed by atoms with Crippen molar-refractivity contribution in [3.8, 4) is 0 Å². The number of anilines is 1. The average molecular weight is 277 g/mol. The Balaban J connectivity index is 2.05. The molecule has 0 fully saturated rings. The second-order valence-corrected chi connectivity index (χ2v) is 5.11. The quantitative estimate of drug-likeness (QED) is 0.899. The smallest absolute Gasteiger partial charge is 0.321 e. The summed E-state index contributed by atoms with van der Waals surface area (Å²) >= 11 is 1.52. The van der Waals surface area contributed by atoms with Gasteiger partial charge in [-0.05, 0) is 25.5 Å². The highest BCUT2D eigenvalue weighted by molar-refractivity contribution is 7.09. The van der Waals surface area contributed by atoms with Crippen molar-refractivity contribution in [3.63, 3.8) is 0 Å². The van der Waals surface area contributed by atoms with Crippen molar-refractivity contribution in [1.82, 2.24) is 20.5 Å². The molecule has 0 aliphatic rings. The molecule has 19 heavy (non-hydrogen) atoms. The monoisotopic (exact) mass is 277 g/mol. The lowest BCUT2D eigenvalue weighted by molar-refractivity contribution is 0.237. The van der Waals surface area contributed by atoms with Crippen molar-refractivity contribution in [1.29, 1.82) is 0 Å². The number of rotatable bonds is 4. The van der Waals surface area contributed by atoms with Crippen LogP contribution in [-0.2, 0) is 5.54 Å². The van der Waals surface area contributed by atoms with E-state index in [0.29, 0.717) is 5.82 Å². The first-order valence-electron chi connectivity index (χ1n) is 5.91. The van der Waals surface area contributed by atoms with E-state index in [-0.39, 0.29) is 6.03 Å². The van der Waals surface area contributed by atoms with Crippen LogP contribution in [0.3, 0.4) is 0 Å². The zero-order valence-corrected chi connectivity index (χ0v) is 11.6. The van der Waals surface area contributed by atoms with E-state index in [1.54, 1.807) is 24.5 Å². The van der Waals surface area contributed by atoms with Gasteiger partial charge in [-0.3, -0.25) is 5.32 Å². The predicted octanol–water partition coefficient (Wildman–Crippen LogP) is 2.38. The molecule has 2 amide bonds. The summed E-state index contributed by atoms with van der Waals surface area (Å²) in [6.07, 6.45) is 4.03. The molecule has 2 heterocycles. The van der Waals surface area contributed by atoms with Gasteiger partial charge in [0.25, 0.3) is 0 Å². The van der Waals surface area contributed by atoms with Crippen LogP contribution < -0.4 is 10.6 Å². The van der Waals surface area contributed by atoms with Crippen LogP contribution >= 0.6 is 11.3 Å². The number of nitrogens with zero attached hydrogens (tertiary/aromatic N) is 3. The molecule has 2 N–H and O–H groups in total. The fraction of sp³-hybridized carbons (Fsp3) is 0.333. The van der Waals surface area contributed by atoms with Crippen LogP contribution in [0.2, 0.25) is 0 Å². The van der Waals surface area contributed by atoms with E-state index < -0.39 is 5.54 Å². The lowest BCUT2D eigenvalue weighted by Gasteiger charge is -2.27. The summed E-state index contributed by atoms with van der Waals surface area (Å²) < 4.78 is 0. The summed E-state index contributed by atoms with van der Waals surface area (Å²) in [7, 11) is 0. The topological polar surface area (TPSA) is 79.8 Å². The Bertz CT molecular complexity index is 530. The van der Waals surface area contributed by atoms with E-state index in [2.05, 4.69) is 25.8 Å². The number of thiazole rings is 1. The van der Waals surface area contributed by atoms with Gasteiger partial charge < -0.3 is 5.32 Å². The molecule has 0 saturated heterocycles. The van der Waals surface area contributed by atoms with Gasteiger partial charge in [-0.2, -0.15) is 5.10 Å². The van der Waals surface area contributed by atoms with Gasteiger partial charge in [-0.25, -0.2) is 9.78 Å². The van der Waals surface area contributed by atoms with Crippen molar-refractivity contribution in [2.45, 2.75) is 25.8 Å². The van der Waals surface area contributed by atoms with Crippen LogP contribution in [0.25, 0.3) is 0 Å². The number of urea groups is 1. The molecule has 0 radical (unpaired) electrons. The number of aromatic nitrogens is 3. The molecule has 0 spiro atoms. The Hall–Kier alpha value is -2.02. The number of carbonyl (C=O) groups excluding carboxylic acids is 1. The van der Waals surface area contributed by atoms with E-state index in [9.17, 15) is 4.79 Å². The second kappa shape index (κ2) is 5.75. The Labute approximate surface area is 115 Å². The second-order valence-electron chi connectivity index (χ2n) is 4.21. The van der Waals surface area contributed by atoms with Gasteiger partial charge in [-0.15, -0.1) is 16.4 Å². The van der Waals surface area contributed by atoms with Crippen molar-refractivity contribution >= 4 is 23.2 Å². The van der Waals surface area contributed by atoms with E-state index in [1.807, 2.05) is 19.2 Å². The highest BCUT2D eigenvalue weighted by Crippen LogP contribution is 2.26. The minimum absolute atomic E-state index is 0.319. The summed E-state index contributed by atoms with van der Waals surface area (Å²) in [5.74, 6) is 0.414. The van der Waals surface area contributed by atoms with Gasteiger partial charge in [0.1, 0.15) is 5.01 Å². The summed E-state index contributed by atoms with van der Waals surface area (Å²) in [6, 6.07) is 3.07. The highest BCUT2D eigenvalue weighted by Gasteiger charge is 2.29.